The molecule has 0 spiro atoms. The molecule has 0 N–H and O–H groups in total. The van der Waals surface area contributed by atoms with E-state index in [1.807, 2.05) is 0 Å². The summed E-state index contributed by atoms with van der Waals surface area (Å²) in [6, 6.07) is 6.34. The number of halogens is 1. The molecular formula is C14H21BrO. The maximum absolute atomic E-state index is 5.90. The van der Waals surface area contributed by atoms with Gasteiger partial charge in [-0.05, 0) is 37.0 Å². The molecule has 1 rings (SSSR count). The highest BCUT2D eigenvalue weighted by molar-refractivity contribution is 9.09. The molecule has 0 saturated carbocycles. The van der Waals surface area contributed by atoms with Gasteiger partial charge in [-0.1, -0.05) is 41.9 Å². The Kier molecular flexibility index (Phi) is 5.33. The monoisotopic (exact) mass is 284 g/mol. The van der Waals surface area contributed by atoms with Crippen molar-refractivity contribution >= 4 is 15.9 Å². The zero-order valence-electron chi connectivity index (χ0n) is 10.6. The fraction of sp³-hybridized carbons (Fsp3) is 0.571. The van der Waals surface area contributed by atoms with E-state index in [-0.39, 0.29) is 0 Å². The molecule has 1 nitrogen and oxygen atoms in total. The number of aryl methyl sites for hydroxylation is 2. The minimum absolute atomic E-state index is 0.569. The van der Waals surface area contributed by atoms with Crippen molar-refractivity contribution in [1.82, 2.24) is 0 Å². The van der Waals surface area contributed by atoms with E-state index in [0.29, 0.717) is 11.8 Å². The van der Waals surface area contributed by atoms with Crippen molar-refractivity contribution in [1.29, 1.82) is 0 Å². The van der Waals surface area contributed by atoms with E-state index >= 15 is 0 Å². The van der Waals surface area contributed by atoms with Gasteiger partial charge in [-0.25, -0.2) is 0 Å². The average molecular weight is 285 g/mol. The van der Waals surface area contributed by atoms with Crippen LogP contribution in [0, 0.1) is 25.7 Å². The lowest BCUT2D eigenvalue weighted by Gasteiger charge is -2.19. The van der Waals surface area contributed by atoms with Crippen LogP contribution in [-0.2, 0) is 0 Å². The van der Waals surface area contributed by atoms with Gasteiger partial charge in [-0.15, -0.1) is 0 Å². The fourth-order valence-corrected chi connectivity index (χ4v) is 2.41. The molecule has 0 aliphatic carbocycles. The second-order valence-corrected chi connectivity index (χ2v) is 5.39. The van der Waals surface area contributed by atoms with Crippen LogP contribution < -0.4 is 4.74 Å². The van der Waals surface area contributed by atoms with Crippen LogP contribution in [0.4, 0.5) is 0 Å². The van der Waals surface area contributed by atoms with E-state index in [9.17, 15) is 0 Å². The highest BCUT2D eigenvalue weighted by atomic mass is 79.9. The third-order valence-corrected chi connectivity index (χ3v) is 3.77. The molecule has 0 heterocycles. The predicted molar refractivity (Wildman–Crippen MR) is 73.5 cm³/mol. The van der Waals surface area contributed by atoms with Gasteiger partial charge in [0, 0.05) is 11.2 Å². The van der Waals surface area contributed by atoms with Crippen molar-refractivity contribution < 1.29 is 4.74 Å². The highest BCUT2D eigenvalue weighted by Crippen LogP contribution is 2.21. The third-order valence-electron chi connectivity index (χ3n) is 2.94. The molecule has 0 aliphatic heterocycles. The first-order chi connectivity index (χ1) is 7.54. The molecule has 0 fully saturated rings. The first kappa shape index (κ1) is 13.6. The second kappa shape index (κ2) is 6.29. The van der Waals surface area contributed by atoms with Crippen molar-refractivity contribution in [3.63, 3.8) is 0 Å². The molecule has 0 radical (unpaired) electrons. The van der Waals surface area contributed by atoms with Gasteiger partial charge >= 0.3 is 0 Å². The largest absolute Gasteiger partial charge is 0.493 e. The summed E-state index contributed by atoms with van der Waals surface area (Å²) in [6.45, 7) is 9.44. The Morgan fingerprint density at radius 2 is 1.94 bits per heavy atom. The molecule has 2 heteroatoms. The summed E-state index contributed by atoms with van der Waals surface area (Å²) < 4.78 is 5.90. The second-order valence-electron chi connectivity index (χ2n) is 4.74. The summed E-state index contributed by atoms with van der Waals surface area (Å²) in [5, 5.41) is 0.996. The quantitative estimate of drug-likeness (QED) is 0.731. The van der Waals surface area contributed by atoms with Gasteiger partial charge in [0.05, 0.1) is 6.61 Å². The van der Waals surface area contributed by atoms with Crippen LogP contribution in [0.3, 0.4) is 0 Å². The number of hydrogen-bond acceptors (Lipinski definition) is 1. The Morgan fingerprint density at radius 1 is 1.25 bits per heavy atom. The van der Waals surface area contributed by atoms with Crippen molar-refractivity contribution in [3.8, 4) is 5.75 Å². The Labute approximate surface area is 107 Å². The lowest BCUT2D eigenvalue weighted by atomic mass is 9.99. The molecule has 1 aromatic rings. The normalized spacial score (nSPS) is 12.9. The third kappa shape index (κ3) is 3.82. The Hall–Kier alpha value is -0.500. The lowest BCUT2D eigenvalue weighted by molar-refractivity contribution is 0.226. The molecule has 0 amide bonds. The molecule has 0 aromatic heterocycles. The molecule has 0 saturated heterocycles. The van der Waals surface area contributed by atoms with Gasteiger partial charge in [0.2, 0.25) is 0 Å². The Bertz CT molecular complexity index is 334. The first-order valence-corrected chi connectivity index (χ1v) is 6.92. The maximum atomic E-state index is 5.90. The molecule has 1 unspecified atom stereocenters. The molecule has 1 aromatic carbocycles. The number of alkyl halides is 1. The summed E-state index contributed by atoms with van der Waals surface area (Å²) in [4.78, 5) is 0. The highest BCUT2D eigenvalue weighted by Gasteiger charge is 2.13. The van der Waals surface area contributed by atoms with E-state index in [1.165, 1.54) is 11.1 Å². The number of ether oxygens (including phenoxy) is 1. The van der Waals surface area contributed by atoms with E-state index < -0.39 is 0 Å². The predicted octanol–water partition coefficient (Wildman–Crippen LogP) is 4.35. The lowest BCUT2D eigenvalue weighted by Crippen LogP contribution is -2.19. The molecule has 1 atom stereocenters. The molecule has 90 valence electrons. The zero-order chi connectivity index (χ0) is 12.1. The number of benzene rings is 1. The van der Waals surface area contributed by atoms with Crippen LogP contribution in [0.2, 0.25) is 0 Å². The zero-order valence-corrected chi connectivity index (χ0v) is 12.2. The molecule has 16 heavy (non-hydrogen) atoms. The van der Waals surface area contributed by atoms with E-state index in [2.05, 4.69) is 61.8 Å². The van der Waals surface area contributed by atoms with E-state index in [0.717, 1.165) is 17.7 Å². The SMILES string of the molecule is Cc1ccc(C)c(OCC(CBr)C(C)C)c1. The summed E-state index contributed by atoms with van der Waals surface area (Å²) in [5.74, 6) is 2.23. The van der Waals surface area contributed by atoms with Gasteiger partial charge in [0.15, 0.2) is 0 Å². The van der Waals surface area contributed by atoms with Crippen LogP contribution in [-0.4, -0.2) is 11.9 Å². The molecule has 0 aliphatic rings. The maximum Gasteiger partial charge on any atom is 0.122 e. The number of rotatable bonds is 5. The van der Waals surface area contributed by atoms with Crippen LogP contribution in [0.15, 0.2) is 18.2 Å². The van der Waals surface area contributed by atoms with Crippen LogP contribution in [0.5, 0.6) is 5.75 Å². The van der Waals surface area contributed by atoms with Crippen molar-refractivity contribution in [3.05, 3.63) is 29.3 Å². The van der Waals surface area contributed by atoms with Gasteiger partial charge in [-0.2, -0.15) is 0 Å². The summed E-state index contributed by atoms with van der Waals surface area (Å²) >= 11 is 3.54. The van der Waals surface area contributed by atoms with Gasteiger partial charge in [-0.3, -0.25) is 0 Å². The molecule has 0 bridgehead atoms. The summed E-state index contributed by atoms with van der Waals surface area (Å²) in [5.41, 5.74) is 2.46. The van der Waals surface area contributed by atoms with Gasteiger partial charge < -0.3 is 4.74 Å². The molecular weight excluding hydrogens is 264 g/mol. The minimum Gasteiger partial charge on any atom is -0.493 e. The minimum atomic E-state index is 0.569. The van der Waals surface area contributed by atoms with Crippen LogP contribution >= 0.6 is 15.9 Å². The Balaban J connectivity index is 2.63. The summed E-state index contributed by atoms with van der Waals surface area (Å²) in [7, 11) is 0. The average Bonchev–Trinajstić information content (AvgIpc) is 2.23. The van der Waals surface area contributed by atoms with Crippen molar-refractivity contribution in [2.75, 3.05) is 11.9 Å². The van der Waals surface area contributed by atoms with E-state index in [1.54, 1.807) is 0 Å². The summed E-state index contributed by atoms with van der Waals surface area (Å²) in [6.07, 6.45) is 0. The van der Waals surface area contributed by atoms with Crippen molar-refractivity contribution in [2.24, 2.45) is 11.8 Å². The smallest absolute Gasteiger partial charge is 0.122 e. The van der Waals surface area contributed by atoms with E-state index in [4.69, 9.17) is 4.74 Å². The van der Waals surface area contributed by atoms with Crippen LogP contribution in [0.1, 0.15) is 25.0 Å². The Morgan fingerprint density at radius 3 is 2.50 bits per heavy atom. The first-order valence-electron chi connectivity index (χ1n) is 5.80. The topological polar surface area (TPSA) is 9.23 Å². The van der Waals surface area contributed by atoms with Crippen molar-refractivity contribution in [2.45, 2.75) is 27.7 Å². The number of hydrogen-bond donors (Lipinski definition) is 0. The standard InChI is InChI=1S/C14H21BrO/c1-10(2)13(8-15)9-16-14-7-11(3)5-6-12(14)4/h5-7,10,13H,8-9H2,1-4H3. The van der Waals surface area contributed by atoms with Gasteiger partial charge in [0.25, 0.3) is 0 Å². The van der Waals surface area contributed by atoms with Crippen LogP contribution in [0.25, 0.3) is 0 Å². The fourth-order valence-electron chi connectivity index (χ4n) is 1.47. The van der Waals surface area contributed by atoms with Gasteiger partial charge in [0.1, 0.15) is 5.75 Å².